The fraction of sp³-hybridized carbons (Fsp3) is 0.120. The topological polar surface area (TPSA) is 75.0 Å². The van der Waals surface area contributed by atoms with Crippen LogP contribution in [0.1, 0.15) is 22.8 Å². The molecule has 0 saturated carbocycles. The summed E-state index contributed by atoms with van der Waals surface area (Å²) in [5.74, 6) is 0.513. The van der Waals surface area contributed by atoms with Crippen molar-refractivity contribution in [2.45, 2.75) is 13.5 Å². The highest BCUT2D eigenvalue weighted by molar-refractivity contribution is 6.42. The molecule has 0 N–H and O–H groups in total. The van der Waals surface area contributed by atoms with Gasteiger partial charge in [0, 0.05) is 6.07 Å². The molecule has 1 heterocycles. The van der Waals surface area contributed by atoms with Gasteiger partial charge in [0.2, 0.25) is 11.2 Å². The van der Waals surface area contributed by atoms with E-state index in [0.29, 0.717) is 38.1 Å². The molecular formula is C25H18Cl2O6. The van der Waals surface area contributed by atoms with Gasteiger partial charge in [-0.25, -0.2) is 4.79 Å². The van der Waals surface area contributed by atoms with Crippen molar-refractivity contribution >= 4 is 40.1 Å². The molecule has 168 valence electrons. The molecule has 3 aromatic carbocycles. The van der Waals surface area contributed by atoms with Crippen LogP contribution < -0.4 is 14.9 Å². The highest BCUT2D eigenvalue weighted by Crippen LogP contribution is 2.26. The maximum Gasteiger partial charge on any atom is 0.338 e. The van der Waals surface area contributed by atoms with E-state index in [1.165, 1.54) is 6.26 Å². The van der Waals surface area contributed by atoms with Crippen molar-refractivity contribution in [1.82, 2.24) is 0 Å². The summed E-state index contributed by atoms with van der Waals surface area (Å²) in [6.07, 6.45) is 1.24. The first-order valence-corrected chi connectivity index (χ1v) is 10.8. The second-order valence-electron chi connectivity index (χ2n) is 6.97. The summed E-state index contributed by atoms with van der Waals surface area (Å²) in [6.45, 7) is 2.30. The highest BCUT2D eigenvalue weighted by Gasteiger charge is 2.12. The van der Waals surface area contributed by atoms with Crippen LogP contribution in [-0.4, -0.2) is 12.6 Å². The minimum absolute atomic E-state index is 0.0239. The Hall–Kier alpha value is -3.48. The van der Waals surface area contributed by atoms with Gasteiger partial charge in [-0.1, -0.05) is 29.3 Å². The highest BCUT2D eigenvalue weighted by atomic mass is 35.5. The summed E-state index contributed by atoms with van der Waals surface area (Å²) in [6, 6.07) is 16.5. The van der Waals surface area contributed by atoms with Gasteiger partial charge in [0.1, 0.15) is 30.0 Å². The van der Waals surface area contributed by atoms with Gasteiger partial charge in [-0.3, -0.25) is 4.79 Å². The third kappa shape index (κ3) is 5.30. The average molecular weight is 485 g/mol. The third-order valence-corrected chi connectivity index (χ3v) is 5.44. The summed E-state index contributed by atoms with van der Waals surface area (Å²) in [5, 5.41) is 1.27. The molecule has 0 amide bonds. The number of halogens is 2. The van der Waals surface area contributed by atoms with Crippen molar-refractivity contribution in [2.24, 2.45) is 0 Å². The van der Waals surface area contributed by atoms with Crippen molar-refractivity contribution in [2.75, 3.05) is 6.61 Å². The fourth-order valence-corrected chi connectivity index (χ4v) is 3.37. The molecule has 0 bridgehead atoms. The van der Waals surface area contributed by atoms with Crippen molar-refractivity contribution in [3.63, 3.8) is 0 Å². The lowest BCUT2D eigenvalue weighted by atomic mass is 10.2. The maximum absolute atomic E-state index is 12.8. The van der Waals surface area contributed by atoms with Gasteiger partial charge in [0.25, 0.3) is 0 Å². The second kappa shape index (κ2) is 9.98. The molecule has 0 radical (unpaired) electrons. The van der Waals surface area contributed by atoms with Crippen LogP contribution >= 0.6 is 23.2 Å². The normalized spacial score (nSPS) is 10.8. The van der Waals surface area contributed by atoms with Crippen LogP contribution in [-0.2, 0) is 11.3 Å². The molecule has 4 aromatic rings. The van der Waals surface area contributed by atoms with Crippen LogP contribution in [0.3, 0.4) is 0 Å². The molecular weight excluding hydrogens is 467 g/mol. The Balaban J connectivity index is 1.49. The zero-order valence-corrected chi connectivity index (χ0v) is 19.0. The number of hydrogen-bond acceptors (Lipinski definition) is 6. The van der Waals surface area contributed by atoms with E-state index in [-0.39, 0.29) is 24.4 Å². The van der Waals surface area contributed by atoms with Gasteiger partial charge < -0.3 is 18.6 Å². The van der Waals surface area contributed by atoms with Gasteiger partial charge in [-0.2, -0.15) is 0 Å². The molecule has 4 rings (SSSR count). The predicted octanol–water partition coefficient (Wildman–Crippen LogP) is 6.65. The molecule has 0 aliphatic carbocycles. The Bertz CT molecular complexity index is 1360. The summed E-state index contributed by atoms with van der Waals surface area (Å²) < 4.78 is 22.0. The van der Waals surface area contributed by atoms with Gasteiger partial charge in [0.15, 0.2) is 0 Å². The van der Waals surface area contributed by atoms with E-state index in [9.17, 15) is 9.59 Å². The van der Waals surface area contributed by atoms with E-state index in [0.717, 1.165) is 5.56 Å². The van der Waals surface area contributed by atoms with Crippen molar-refractivity contribution in [3.05, 3.63) is 98.3 Å². The Morgan fingerprint density at radius 3 is 2.42 bits per heavy atom. The number of carbonyl (C=O) groups is 1. The van der Waals surface area contributed by atoms with E-state index >= 15 is 0 Å². The molecule has 0 unspecified atom stereocenters. The molecule has 0 spiro atoms. The van der Waals surface area contributed by atoms with Crippen LogP contribution in [0.25, 0.3) is 11.0 Å². The molecule has 0 atom stereocenters. The minimum Gasteiger partial charge on any atom is -0.489 e. The lowest BCUT2D eigenvalue weighted by molar-refractivity contribution is 0.0526. The number of hydrogen-bond donors (Lipinski definition) is 0. The first-order chi connectivity index (χ1) is 15.9. The number of fused-ring (bicyclic) bond motifs is 1. The van der Waals surface area contributed by atoms with Crippen molar-refractivity contribution in [3.8, 4) is 17.2 Å². The number of esters is 1. The van der Waals surface area contributed by atoms with Crippen LogP contribution in [0.15, 0.2) is 76.1 Å². The Kier molecular flexibility index (Phi) is 6.87. The van der Waals surface area contributed by atoms with Crippen LogP contribution in [0.4, 0.5) is 0 Å². The first-order valence-electron chi connectivity index (χ1n) is 10.0. The summed E-state index contributed by atoms with van der Waals surface area (Å²) >= 11 is 12.0. The summed E-state index contributed by atoms with van der Waals surface area (Å²) in [7, 11) is 0. The maximum atomic E-state index is 12.8. The SMILES string of the molecule is CCOC(=O)c1ccc(Oc2coc3cc(OCc4ccc(Cl)c(Cl)c4)ccc3c2=O)cc1. The van der Waals surface area contributed by atoms with Crippen LogP contribution in [0.2, 0.25) is 10.0 Å². The first kappa shape index (κ1) is 22.7. The Labute approximate surface area is 199 Å². The van der Waals surface area contributed by atoms with E-state index in [1.54, 1.807) is 61.5 Å². The van der Waals surface area contributed by atoms with Crippen molar-refractivity contribution < 1.29 is 23.4 Å². The fourth-order valence-electron chi connectivity index (χ4n) is 3.05. The zero-order valence-electron chi connectivity index (χ0n) is 17.5. The monoisotopic (exact) mass is 484 g/mol. The van der Waals surface area contributed by atoms with Crippen molar-refractivity contribution in [1.29, 1.82) is 0 Å². The van der Waals surface area contributed by atoms with Gasteiger partial charge in [0.05, 0.1) is 27.6 Å². The predicted molar refractivity (Wildman–Crippen MR) is 126 cm³/mol. The van der Waals surface area contributed by atoms with E-state index in [1.807, 2.05) is 6.07 Å². The quantitative estimate of drug-likeness (QED) is 0.273. The van der Waals surface area contributed by atoms with Crippen LogP contribution in [0, 0.1) is 0 Å². The number of carbonyl (C=O) groups excluding carboxylic acids is 1. The number of benzene rings is 3. The van der Waals surface area contributed by atoms with Gasteiger partial charge in [-0.05, 0) is 61.0 Å². The molecule has 0 fully saturated rings. The summed E-state index contributed by atoms with van der Waals surface area (Å²) in [4.78, 5) is 24.6. The number of rotatable bonds is 7. The minimum atomic E-state index is -0.425. The smallest absolute Gasteiger partial charge is 0.338 e. The van der Waals surface area contributed by atoms with Gasteiger partial charge in [-0.15, -0.1) is 0 Å². The molecule has 0 aliphatic heterocycles. The zero-order chi connectivity index (χ0) is 23.4. The Morgan fingerprint density at radius 1 is 0.939 bits per heavy atom. The standard InChI is InChI=1S/C25H18Cl2O6/c1-2-30-25(29)16-4-6-17(7-5-16)33-23-14-32-22-12-18(8-9-19(22)24(23)28)31-13-15-3-10-20(26)21(27)11-15/h3-12,14H,2,13H2,1H3. The largest absolute Gasteiger partial charge is 0.489 e. The molecule has 33 heavy (non-hydrogen) atoms. The third-order valence-electron chi connectivity index (χ3n) is 4.70. The molecule has 0 aliphatic rings. The second-order valence-corrected chi connectivity index (χ2v) is 7.79. The van der Waals surface area contributed by atoms with E-state index in [4.69, 9.17) is 41.8 Å². The lowest BCUT2D eigenvalue weighted by Crippen LogP contribution is -2.06. The molecule has 6 nitrogen and oxygen atoms in total. The molecule has 8 heteroatoms. The Morgan fingerprint density at radius 2 is 1.70 bits per heavy atom. The average Bonchev–Trinajstić information content (AvgIpc) is 2.82. The van der Waals surface area contributed by atoms with E-state index in [2.05, 4.69) is 0 Å². The molecule has 0 saturated heterocycles. The summed E-state index contributed by atoms with van der Waals surface area (Å²) in [5.41, 5.74) is 1.27. The number of ether oxygens (including phenoxy) is 3. The molecule has 1 aromatic heterocycles. The van der Waals surface area contributed by atoms with Crippen LogP contribution in [0.5, 0.6) is 17.2 Å². The lowest BCUT2D eigenvalue weighted by Gasteiger charge is -2.09. The van der Waals surface area contributed by atoms with Gasteiger partial charge >= 0.3 is 5.97 Å². The van der Waals surface area contributed by atoms with E-state index < -0.39 is 5.97 Å².